The van der Waals surface area contributed by atoms with Crippen molar-refractivity contribution in [3.05, 3.63) is 83.7 Å². The zero-order chi connectivity index (χ0) is 22.1. The van der Waals surface area contributed by atoms with E-state index in [4.69, 9.17) is 9.47 Å². The van der Waals surface area contributed by atoms with Gasteiger partial charge in [-0.15, -0.1) is 0 Å². The molecule has 1 amide bonds. The van der Waals surface area contributed by atoms with Crippen LogP contribution in [0.3, 0.4) is 0 Å². The van der Waals surface area contributed by atoms with Crippen molar-refractivity contribution in [2.24, 2.45) is 4.99 Å². The van der Waals surface area contributed by atoms with Crippen molar-refractivity contribution >= 4 is 17.6 Å². The molecule has 1 heterocycles. The number of aromatic nitrogens is 1. The first kappa shape index (κ1) is 21.8. The number of rotatable bonds is 7. The molecule has 3 rings (SSSR count). The maximum absolute atomic E-state index is 13.0. The van der Waals surface area contributed by atoms with E-state index in [0.717, 1.165) is 17.7 Å². The number of benzene rings is 2. The highest BCUT2D eigenvalue weighted by Gasteiger charge is 2.13. The van der Waals surface area contributed by atoms with Gasteiger partial charge in [-0.3, -0.25) is 15.1 Å². The summed E-state index contributed by atoms with van der Waals surface area (Å²) in [6, 6.07) is 16.8. The number of nitrogens with zero attached hydrogens (tertiary/aromatic N) is 2. The van der Waals surface area contributed by atoms with Crippen molar-refractivity contribution in [3.63, 3.8) is 0 Å². The standard InChI is InChI=1S/C24H26N4O3/c1-4-17-7-5-9-20(11-17)27-24(26-16-18-8-6-10-25-15-18)28-23(29)19-12-21(30-2)14-22(13-19)31-3/h5-15H,4,16H2,1-3H3,(H2,26,27,28,29). The molecule has 0 unspecified atom stereocenters. The third-order valence-electron chi connectivity index (χ3n) is 4.59. The van der Waals surface area contributed by atoms with Gasteiger partial charge < -0.3 is 14.8 Å². The van der Waals surface area contributed by atoms with Crippen LogP contribution in [0.5, 0.6) is 11.5 Å². The van der Waals surface area contributed by atoms with Crippen LogP contribution in [0.1, 0.15) is 28.4 Å². The minimum atomic E-state index is -0.332. The minimum absolute atomic E-state index is 0.332. The Morgan fingerprint density at radius 3 is 2.39 bits per heavy atom. The Hall–Kier alpha value is -3.87. The van der Waals surface area contributed by atoms with Crippen LogP contribution in [-0.4, -0.2) is 31.1 Å². The van der Waals surface area contributed by atoms with E-state index in [2.05, 4.69) is 33.6 Å². The number of amides is 1. The Morgan fingerprint density at radius 2 is 1.74 bits per heavy atom. The molecule has 0 radical (unpaired) electrons. The number of hydrogen-bond donors (Lipinski definition) is 2. The molecule has 7 heteroatoms. The smallest absolute Gasteiger partial charge is 0.258 e. The molecule has 7 nitrogen and oxygen atoms in total. The summed E-state index contributed by atoms with van der Waals surface area (Å²) in [4.78, 5) is 21.6. The predicted octanol–water partition coefficient (Wildman–Crippen LogP) is 4.06. The van der Waals surface area contributed by atoms with Gasteiger partial charge in [-0.1, -0.05) is 25.1 Å². The molecule has 3 aromatic rings. The number of methoxy groups -OCH3 is 2. The zero-order valence-electron chi connectivity index (χ0n) is 17.9. The fraction of sp³-hybridized carbons (Fsp3) is 0.208. The fourth-order valence-corrected chi connectivity index (χ4v) is 2.90. The normalized spacial score (nSPS) is 11.0. The lowest BCUT2D eigenvalue weighted by molar-refractivity contribution is 0.0976. The van der Waals surface area contributed by atoms with E-state index in [1.165, 1.54) is 5.56 Å². The summed E-state index contributed by atoms with van der Waals surface area (Å²) < 4.78 is 10.5. The van der Waals surface area contributed by atoms with Crippen molar-refractivity contribution in [3.8, 4) is 11.5 Å². The molecule has 0 saturated heterocycles. The Balaban J connectivity index is 1.85. The van der Waals surface area contributed by atoms with Gasteiger partial charge in [-0.25, -0.2) is 4.99 Å². The molecule has 0 spiro atoms. The van der Waals surface area contributed by atoms with E-state index >= 15 is 0 Å². The first-order valence-electron chi connectivity index (χ1n) is 9.95. The first-order chi connectivity index (χ1) is 15.1. The van der Waals surface area contributed by atoms with E-state index < -0.39 is 0 Å². The maximum Gasteiger partial charge on any atom is 0.258 e. The lowest BCUT2D eigenvalue weighted by Gasteiger charge is -2.14. The van der Waals surface area contributed by atoms with Gasteiger partial charge in [-0.2, -0.15) is 0 Å². The molecule has 0 aliphatic rings. The van der Waals surface area contributed by atoms with Crippen LogP contribution in [0.15, 0.2) is 72.0 Å². The molecule has 2 N–H and O–H groups in total. The van der Waals surface area contributed by atoms with Crippen molar-refractivity contribution < 1.29 is 14.3 Å². The van der Waals surface area contributed by atoms with Crippen molar-refractivity contribution in [1.29, 1.82) is 0 Å². The topological polar surface area (TPSA) is 84.8 Å². The van der Waals surface area contributed by atoms with Gasteiger partial charge in [0, 0.05) is 29.7 Å². The number of guanidine groups is 1. The summed E-state index contributed by atoms with van der Waals surface area (Å²) in [5.74, 6) is 1.06. The van der Waals surface area contributed by atoms with E-state index in [9.17, 15) is 4.79 Å². The number of pyridine rings is 1. The molecule has 0 aliphatic carbocycles. The predicted molar refractivity (Wildman–Crippen MR) is 122 cm³/mol. The second-order valence-corrected chi connectivity index (χ2v) is 6.76. The highest BCUT2D eigenvalue weighted by molar-refractivity contribution is 6.10. The number of aryl methyl sites for hydroxylation is 1. The monoisotopic (exact) mass is 418 g/mol. The summed E-state index contributed by atoms with van der Waals surface area (Å²) >= 11 is 0. The van der Waals surface area contributed by atoms with Gasteiger partial charge in [0.15, 0.2) is 0 Å². The Morgan fingerprint density at radius 1 is 1.00 bits per heavy atom. The number of anilines is 1. The van der Waals surface area contributed by atoms with Gasteiger partial charge in [-0.05, 0) is 47.9 Å². The maximum atomic E-state index is 13.0. The van der Waals surface area contributed by atoms with Gasteiger partial charge in [0.1, 0.15) is 11.5 Å². The van der Waals surface area contributed by atoms with Crippen LogP contribution in [0, 0.1) is 0 Å². The van der Waals surface area contributed by atoms with Crippen LogP contribution in [-0.2, 0) is 13.0 Å². The lowest BCUT2D eigenvalue weighted by Crippen LogP contribution is -2.36. The van der Waals surface area contributed by atoms with Crippen LogP contribution in [0.2, 0.25) is 0 Å². The van der Waals surface area contributed by atoms with Crippen molar-refractivity contribution in [2.75, 3.05) is 19.5 Å². The number of ether oxygens (including phenoxy) is 2. The molecule has 31 heavy (non-hydrogen) atoms. The second-order valence-electron chi connectivity index (χ2n) is 6.76. The SMILES string of the molecule is CCc1cccc(NC(=NCc2cccnc2)NC(=O)c2cc(OC)cc(OC)c2)c1. The van der Waals surface area contributed by atoms with Crippen molar-refractivity contribution in [2.45, 2.75) is 19.9 Å². The third kappa shape index (κ3) is 6.30. The second kappa shape index (κ2) is 10.8. The summed E-state index contributed by atoms with van der Waals surface area (Å²) in [5, 5.41) is 6.08. The molecule has 0 aliphatic heterocycles. The molecule has 2 aromatic carbocycles. The summed E-state index contributed by atoms with van der Waals surface area (Å²) in [6.07, 6.45) is 4.36. The molecule has 160 valence electrons. The van der Waals surface area contributed by atoms with E-state index in [1.54, 1.807) is 44.8 Å². The molecule has 0 saturated carbocycles. The van der Waals surface area contributed by atoms with Crippen LogP contribution < -0.4 is 20.1 Å². The van der Waals surface area contributed by atoms with E-state index in [0.29, 0.717) is 29.6 Å². The Labute approximate surface area is 182 Å². The van der Waals surface area contributed by atoms with Crippen LogP contribution in [0.4, 0.5) is 5.69 Å². The average Bonchev–Trinajstić information content (AvgIpc) is 2.82. The largest absolute Gasteiger partial charge is 0.497 e. The highest BCUT2D eigenvalue weighted by atomic mass is 16.5. The molecule has 0 fully saturated rings. The van der Waals surface area contributed by atoms with Gasteiger partial charge in [0.05, 0.1) is 20.8 Å². The fourth-order valence-electron chi connectivity index (χ4n) is 2.90. The van der Waals surface area contributed by atoms with E-state index in [1.807, 2.05) is 30.3 Å². The Bertz CT molecular complexity index is 1030. The van der Waals surface area contributed by atoms with Gasteiger partial charge >= 0.3 is 0 Å². The van der Waals surface area contributed by atoms with Crippen molar-refractivity contribution in [1.82, 2.24) is 10.3 Å². The number of carbonyl (C=O) groups is 1. The molecule has 0 bridgehead atoms. The molecule has 0 atom stereocenters. The van der Waals surface area contributed by atoms with Crippen LogP contribution in [0.25, 0.3) is 0 Å². The summed E-state index contributed by atoms with van der Waals surface area (Å²) in [6.45, 7) is 2.46. The molecular weight excluding hydrogens is 392 g/mol. The van der Waals surface area contributed by atoms with Crippen LogP contribution >= 0.6 is 0 Å². The van der Waals surface area contributed by atoms with Gasteiger partial charge in [0.25, 0.3) is 5.91 Å². The van der Waals surface area contributed by atoms with E-state index in [-0.39, 0.29) is 5.91 Å². The number of nitrogens with one attached hydrogen (secondary N) is 2. The average molecular weight is 418 g/mol. The molecule has 1 aromatic heterocycles. The summed E-state index contributed by atoms with van der Waals surface area (Å²) in [7, 11) is 3.08. The quantitative estimate of drug-likeness (QED) is 0.446. The minimum Gasteiger partial charge on any atom is -0.497 e. The number of carbonyl (C=O) groups excluding carboxylic acids is 1. The number of aliphatic imine (C=N–C) groups is 1. The first-order valence-corrected chi connectivity index (χ1v) is 9.95. The number of hydrogen-bond acceptors (Lipinski definition) is 5. The lowest BCUT2D eigenvalue weighted by atomic mass is 10.1. The summed E-state index contributed by atoms with van der Waals surface area (Å²) in [5.41, 5.74) is 3.35. The van der Waals surface area contributed by atoms with Gasteiger partial charge in [0.2, 0.25) is 5.96 Å². The Kier molecular flexibility index (Phi) is 7.59. The highest BCUT2D eigenvalue weighted by Crippen LogP contribution is 2.22. The molecular formula is C24H26N4O3. The third-order valence-corrected chi connectivity index (χ3v) is 4.59. The zero-order valence-corrected chi connectivity index (χ0v) is 17.9.